The molecule has 0 aliphatic rings. The summed E-state index contributed by atoms with van der Waals surface area (Å²) in [5.74, 6) is 8.55. The van der Waals surface area contributed by atoms with Crippen molar-refractivity contribution in [3.05, 3.63) is 60.8 Å². The summed E-state index contributed by atoms with van der Waals surface area (Å²) in [5.41, 5.74) is 1.26. The third kappa shape index (κ3) is 107. The van der Waals surface area contributed by atoms with Crippen molar-refractivity contribution in [3.63, 3.8) is 0 Å². The molecule has 0 saturated heterocycles. The predicted molar refractivity (Wildman–Crippen MR) is 198 cm³/mol. The van der Waals surface area contributed by atoms with Gasteiger partial charge in [0.05, 0.1) is 6.61 Å². The Labute approximate surface area is 267 Å². The smallest absolute Gasteiger partial charge is 0.108 e. The first kappa shape index (κ1) is 56.0. The molecule has 0 aliphatic heterocycles. The van der Waals surface area contributed by atoms with E-state index in [0.29, 0.717) is 23.7 Å². The van der Waals surface area contributed by atoms with Crippen molar-refractivity contribution in [1.29, 1.82) is 0 Å². The number of allylic oxidation sites excluding steroid dienone is 7. The Balaban J connectivity index is -0.0000000706. The average Bonchev–Trinajstić information content (AvgIpc) is 2.87. The second-order valence-electron chi connectivity index (χ2n) is 11.5. The molecule has 0 saturated carbocycles. The van der Waals surface area contributed by atoms with Gasteiger partial charge in [0, 0.05) is 13.7 Å². The van der Waals surface area contributed by atoms with E-state index >= 15 is 0 Å². The van der Waals surface area contributed by atoms with Crippen molar-refractivity contribution in [3.8, 4) is 11.8 Å². The van der Waals surface area contributed by atoms with Crippen LogP contribution in [0.1, 0.15) is 111 Å². The van der Waals surface area contributed by atoms with Crippen LogP contribution in [0.3, 0.4) is 0 Å². The summed E-state index contributed by atoms with van der Waals surface area (Å²) in [6.45, 7) is 34.4. The molecule has 0 aliphatic carbocycles. The summed E-state index contributed by atoms with van der Waals surface area (Å²) in [4.78, 5) is 2.15. The monoisotopic (exact) mass is 596 g/mol. The highest BCUT2D eigenvalue weighted by atomic mass is 19.1. The molecule has 3 heteroatoms. The minimum absolute atomic E-state index is 0. The lowest BCUT2D eigenvalue weighted by molar-refractivity contribution is 0.233. The Morgan fingerprint density at radius 1 is 0.738 bits per heavy atom. The standard InChI is InChI=1S/C8H17N.C7H14O.C7H14.C6H11F.C6H12.C4H6.CH4/c1-8(2)6-5-7-9(3)4;1-7(2)5-4-6-8-3;1-4-5-6-7(2)3;1-6(2)4-3-5-7;1-5(2)6(3)4;1-3-4-2;/h5-6,8H,7H2,1-4H3;4-5,7H,6H2,1-3H3;5-7H,4H2,1-3H3;3-4,6H,5H2,1-2H3;6H,1H2,2-4H3;1-2H3;1H4/b6-5+;5-4+;6-5+;4-3+;;;. The Kier molecular flexibility index (Phi) is 65.1. The van der Waals surface area contributed by atoms with E-state index in [-0.39, 0.29) is 14.1 Å². The number of alkyl halides is 1. The quantitative estimate of drug-likeness (QED) is 0.174. The molecule has 0 atom stereocenters. The van der Waals surface area contributed by atoms with Gasteiger partial charge in [-0.15, -0.1) is 11.8 Å². The van der Waals surface area contributed by atoms with Gasteiger partial charge in [-0.2, -0.15) is 0 Å². The number of halogens is 1. The van der Waals surface area contributed by atoms with Crippen LogP contribution in [0.15, 0.2) is 60.8 Å². The predicted octanol–water partition coefficient (Wildman–Crippen LogP) is 12.3. The van der Waals surface area contributed by atoms with Gasteiger partial charge >= 0.3 is 0 Å². The normalized spacial score (nSPS) is 10.3. The molecule has 0 rings (SSSR count). The Morgan fingerprint density at radius 2 is 1.07 bits per heavy atom. The second-order valence-corrected chi connectivity index (χ2v) is 11.5. The van der Waals surface area contributed by atoms with Crippen LogP contribution in [0.25, 0.3) is 0 Å². The Morgan fingerprint density at radius 3 is 1.26 bits per heavy atom. The van der Waals surface area contributed by atoms with Gasteiger partial charge in [-0.25, -0.2) is 4.39 Å². The summed E-state index contributed by atoms with van der Waals surface area (Å²) in [5, 5.41) is 0. The lowest BCUT2D eigenvalue weighted by Gasteiger charge is -2.03. The SMILES string of the molecule is C.C=C(C)C(C)C.CC#CC.CC(C)/C=C/CF.CC(C)/C=C/CN(C)C.CC/C=C/C(C)C.COC/C=C/C(C)C. The van der Waals surface area contributed by atoms with Gasteiger partial charge in [0.1, 0.15) is 6.67 Å². The summed E-state index contributed by atoms with van der Waals surface area (Å²) < 4.78 is 16.1. The largest absolute Gasteiger partial charge is 0.381 e. The van der Waals surface area contributed by atoms with Gasteiger partial charge in [0.25, 0.3) is 0 Å². The van der Waals surface area contributed by atoms with Crippen molar-refractivity contribution in [2.45, 2.75) is 111 Å². The van der Waals surface area contributed by atoms with E-state index in [0.717, 1.165) is 25.5 Å². The third-order valence-corrected chi connectivity index (χ3v) is 4.38. The van der Waals surface area contributed by atoms with E-state index in [9.17, 15) is 4.39 Å². The van der Waals surface area contributed by atoms with E-state index in [1.165, 1.54) is 11.6 Å². The van der Waals surface area contributed by atoms with Crippen molar-refractivity contribution in [2.24, 2.45) is 29.6 Å². The zero-order valence-electron chi connectivity index (χ0n) is 30.8. The molecule has 0 bridgehead atoms. The molecule has 0 spiro atoms. The molecule has 0 amide bonds. The van der Waals surface area contributed by atoms with Gasteiger partial charge in [0.15, 0.2) is 0 Å². The first-order valence-electron chi connectivity index (χ1n) is 15.3. The highest BCUT2D eigenvalue weighted by Crippen LogP contribution is 2.02. The van der Waals surface area contributed by atoms with Crippen molar-refractivity contribution >= 4 is 0 Å². The molecule has 2 nitrogen and oxygen atoms in total. The molecule has 0 N–H and O–H groups in total. The molecule has 0 heterocycles. The molecule has 42 heavy (non-hydrogen) atoms. The van der Waals surface area contributed by atoms with Crippen LogP contribution in [0.4, 0.5) is 4.39 Å². The van der Waals surface area contributed by atoms with Crippen LogP contribution < -0.4 is 0 Å². The number of hydrogen-bond donors (Lipinski definition) is 0. The lowest BCUT2D eigenvalue weighted by atomic mass is 10.1. The Hall–Kier alpha value is -1.89. The maximum atomic E-state index is 11.3. The molecule has 0 aromatic carbocycles. The van der Waals surface area contributed by atoms with Crippen molar-refractivity contribution in [2.75, 3.05) is 41.0 Å². The number of hydrogen-bond acceptors (Lipinski definition) is 2. The van der Waals surface area contributed by atoms with E-state index in [1.807, 2.05) is 46.8 Å². The van der Waals surface area contributed by atoms with Crippen molar-refractivity contribution < 1.29 is 9.13 Å². The van der Waals surface area contributed by atoms with Gasteiger partial charge in [-0.1, -0.05) is 144 Å². The fraction of sp³-hybridized carbons (Fsp3) is 0.692. The summed E-state index contributed by atoms with van der Waals surface area (Å²) in [7, 11) is 5.85. The van der Waals surface area contributed by atoms with E-state index in [2.05, 4.69) is 130 Å². The maximum Gasteiger partial charge on any atom is 0.108 e. The Bertz CT molecular complexity index is 630. The van der Waals surface area contributed by atoms with Crippen LogP contribution in [0.2, 0.25) is 0 Å². The van der Waals surface area contributed by atoms with Gasteiger partial charge in [0.2, 0.25) is 0 Å². The highest BCUT2D eigenvalue weighted by Gasteiger charge is 1.87. The van der Waals surface area contributed by atoms with Crippen LogP contribution in [-0.2, 0) is 4.74 Å². The highest BCUT2D eigenvalue weighted by molar-refractivity contribution is 4.91. The second kappa shape index (κ2) is 48.8. The average molecular weight is 596 g/mol. The summed E-state index contributed by atoms with van der Waals surface area (Å²) in [6, 6.07) is 0. The van der Waals surface area contributed by atoms with Crippen LogP contribution in [0.5, 0.6) is 0 Å². The van der Waals surface area contributed by atoms with Crippen LogP contribution in [-0.4, -0.2) is 45.9 Å². The molecule has 0 aromatic heterocycles. The maximum absolute atomic E-state index is 11.3. The minimum Gasteiger partial charge on any atom is -0.381 e. The first-order valence-corrected chi connectivity index (χ1v) is 15.3. The number of methoxy groups -OCH3 is 1. The minimum atomic E-state index is -0.335. The zero-order valence-corrected chi connectivity index (χ0v) is 30.8. The first-order chi connectivity index (χ1) is 19.0. The fourth-order valence-corrected chi connectivity index (χ4v) is 1.70. The summed E-state index contributed by atoms with van der Waals surface area (Å²) in [6.07, 6.45) is 17.5. The number of ether oxygens (including phenoxy) is 1. The fourth-order valence-electron chi connectivity index (χ4n) is 1.70. The van der Waals surface area contributed by atoms with Crippen LogP contribution in [0, 0.1) is 41.4 Å². The molecule has 0 unspecified atom stereocenters. The molecule has 0 radical (unpaired) electrons. The van der Waals surface area contributed by atoms with E-state index in [1.54, 1.807) is 7.11 Å². The van der Waals surface area contributed by atoms with E-state index < -0.39 is 0 Å². The molecule has 0 aromatic rings. The van der Waals surface area contributed by atoms with Gasteiger partial charge in [-0.05, 0) is 70.9 Å². The van der Waals surface area contributed by atoms with Gasteiger partial charge in [-0.3, -0.25) is 0 Å². The zero-order chi connectivity index (χ0) is 33.6. The number of rotatable bonds is 11. The lowest BCUT2D eigenvalue weighted by Crippen LogP contribution is -2.10. The molecular weight excluding hydrogens is 517 g/mol. The number of nitrogens with zero attached hydrogens (tertiary/aromatic N) is 1. The van der Waals surface area contributed by atoms with Crippen molar-refractivity contribution in [1.82, 2.24) is 4.90 Å². The molecule has 0 fully saturated rings. The molecular formula is C39H78FNO. The number of likely N-dealkylation sites (N-methyl/N-ethyl adjacent to an activating group) is 1. The topological polar surface area (TPSA) is 12.5 Å². The third-order valence-electron chi connectivity index (χ3n) is 4.38. The van der Waals surface area contributed by atoms with Crippen LogP contribution >= 0.6 is 0 Å². The summed E-state index contributed by atoms with van der Waals surface area (Å²) >= 11 is 0. The molecule has 252 valence electrons. The van der Waals surface area contributed by atoms with E-state index in [4.69, 9.17) is 4.74 Å². The van der Waals surface area contributed by atoms with Gasteiger partial charge < -0.3 is 9.64 Å².